The van der Waals surface area contributed by atoms with Crippen LogP contribution in [0.5, 0.6) is 0 Å². The smallest absolute Gasteiger partial charge is 0.345 e. The third-order valence-corrected chi connectivity index (χ3v) is 5.08. The fourth-order valence-corrected chi connectivity index (χ4v) is 3.67. The Kier molecular flexibility index (Phi) is 6.24. The number of carbonyl (C=O) groups excluding carboxylic acids is 2. The average Bonchev–Trinajstić information content (AvgIpc) is 3.14. The average molecular weight is 403 g/mol. The summed E-state index contributed by atoms with van der Waals surface area (Å²) in [5, 5.41) is 7.23. The van der Waals surface area contributed by atoms with Crippen LogP contribution >= 0.6 is 0 Å². The van der Waals surface area contributed by atoms with Crippen molar-refractivity contribution in [2.75, 3.05) is 6.54 Å². The molecule has 3 rings (SSSR count). The molecule has 0 fully saturated rings. The summed E-state index contributed by atoms with van der Waals surface area (Å²) in [5.74, 6) is 0.127. The maximum absolute atomic E-state index is 12.5. The summed E-state index contributed by atoms with van der Waals surface area (Å²) in [6, 6.07) is 0. The molecule has 0 bridgehead atoms. The Morgan fingerprint density at radius 1 is 1.28 bits per heavy atom. The first-order chi connectivity index (χ1) is 13.8. The van der Waals surface area contributed by atoms with Crippen LogP contribution in [0, 0.1) is 13.8 Å². The van der Waals surface area contributed by atoms with E-state index in [9.17, 15) is 14.4 Å². The Hall–Kier alpha value is -2.84. The summed E-state index contributed by atoms with van der Waals surface area (Å²) in [5.41, 5.74) is 1.86. The number of carbonyl (C=O) groups is 2. The number of hydrogen-bond acceptors (Lipinski definition) is 5. The number of esters is 1. The second kappa shape index (κ2) is 8.67. The van der Waals surface area contributed by atoms with Gasteiger partial charge in [0.15, 0.2) is 0 Å². The van der Waals surface area contributed by atoms with Gasteiger partial charge in [-0.25, -0.2) is 14.3 Å². The van der Waals surface area contributed by atoms with Gasteiger partial charge in [0.25, 0.3) is 5.91 Å². The van der Waals surface area contributed by atoms with Gasteiger partial charge in [0.05, 0.1) is 11.7 Å². The van der Waals surface area contributed by atoms with Crippen LogP contribution < -0.4 is 11.0 Å². The molecule has 0 radical (unpaired) electrons. The van der Waals surface area contributed by atoms with Crippen molar-refractivity contribution in [2.24, 2.45) is 0 Å². The highest BCUT2D eigenvalue weighted by atomic mass is 16.5. The largest absolute Gasteiger partial charge is 0.459 e. The van der Waals surface area contributed by atoms with Gasteiger partial charge >= 0.3 is 11.7 Å². The number of rotatable bonds is 7. The molecule has 0 aliphatic carbocycles. The summed E-state index contributed by atoms with van der Waals surface area (Å²) >= 11 is 0. The molecule has 1 aliphatic rings. The van der Waals surface area contributed by atoms with Crippen molar-refractivity contribution in [3.8, 4) is 0 Å². The fourth-order valence-electron chi connectivity index (χ4n) is 3.67. The van der Waals surface area contributed by atoms with Crippen LogP contribution in [0.25, 0.3) is 0 Å². The highest BCUT2D eigenvalue weighted by Crippen LogP contribution is 2.19. The maximum Gasteiger partial charge on any atom is 0.345 e. The molecule has 0 spiro atoms. The van der Waals surface area contributed by atoms with Gasteiger partial charge in [-0.3, -0.25) is 9.36 Å². The second-order valence-electron chi connectivity index (χ2n) is 7.72. The van der Waals surface area contributed by atoms with E-state index >= 15 is 0 Å². The quantitative estimate of drug-likeness (QED) is 0.540. The lowest BCUT2D eigenvalue weighted by atomic mass is 10.1. The van der Waals surface area contributed by atoms with Crippen LogP contribution in [0.4, 0.5) is 0 Å². The monoisotopic (exact) mass is 403 g/mol. The summed E-state index contributed by atoms with van der Waals surface area (Å²) in [4.78, 5) is 40.1. The molecule has 2 N–H and O–H groups in total. The topological polar surface area (TPSA) is 111 Å². The molecular formula is C20H29N5O4. The van der Waals surface area contributed by atoms with Crippen molar-refractivity contribution >= 4 is 11.9 Å². The zero-order valence-corrected chi connectivity index (χ0v) is 17.5. The van der Waals surface area contributed by atoms with E-state index in [-0.39, 0.29) is 17.7 Å². The minimum absolute atomic E-state index is 0.0739. The van der Waals surface area contributed by atoms with Crippen LogP contribution in [0.1, 0.15) is 71.0 Å². The molecule has 3 heterocycles. The van der Waals surface area contributed by atoms with E-state index in [1.165, 1.54) is 4.68 Å². The zero-order valence-electron chi connectivity index (χ0n) is 17.5. The van der Waals surface area contributed by atoms with Gasteiger partial charge in [-0.1, -0.05) is 0 Å². The van der Waals surface area contributed by atoms with Crippen LogP contribution in [0.15, 0.2) is 4.79 Å². The predicted octanol–water partition coefficient (Wildman–Crippen LogP) is 1.71. The Morgan fingerprint density at radius 3 is 2.72 bits per heavy atom. The van der Waals surface area contributed by atoms with Gasteiger partial charge in [-0.2, -0.15) is 5.10 Å². The molecule has 9 heteroatoms. The molecule has 2 aromatic rings. The summed E-state index contributed by atoms with van der Waals surface area (Å²) < 4.78 is 8.48. The van der Waals surface area contributed by atoms with Crippen LogP contribution in [0.3, 0.4) is 0 Å². The van der Waals surface area contributed by atoms with Gasteiger partial charge in [-0.05, 0) is 52.5 Å². The van der Waals surface area contributed by atoms with Gasteiger partial charge in [0, 0.05) is 31.7 Å². The molecule has 1 amide bonds. The number of nitrogens with zero attached hydrogens (tertiary/aromatic N) is 3. The number of aromatic amines is 1. The molecule has 0 aromatic carbocycles. The van der Waals surface area contributed by atoms with E-state index in [0.29, 0.717) is 42.0 Å². The normalized spacial score (nSPS) is 13.4. The maximum atomic E-state index is 12.5. The van der Waals surface area contributed by atoms with Gasteiger partial charge in [0.1, 0.15) is 11.5 Å². The standard InChI is InChI=1S/C20H29N5O4/c1-12(2)29-19(27)16-13(3)17(22-14(16)4)18(26)21-9-7-11-25-20(28)24-10-6-5-8-15(24)23-25/h12,22H,5-11H2,1-4H3,(H,21,26). The van der Waals surface area contributed by atoms with E-state index < -0.39 is 5.97 Å². The molecule has 0 saturated heterocycles. The minimum Gasteiger partial charge on any atom is -0.459 e. The van der Waals surface area contributed by atoms with Crippen molar-refractivity contribution in [1.29, 1.82) is 0 Å². The third-order valence-electron chi connectivity index (χ3n) is 5.08. The number of aryl methyl sites for hydroxylation is 3. The van der Waals surface area contributed by atoms with Crippen molar-refractivity contribution in [2.45, 2.75) is 72.6 Å². The van der Waals surface area contributed by atoms with E-state index in [4.69, 9.17) is 4.74 Å². The summed E-state index contributed by atoms with van der Waals surface area (Å²) in [7, 11) is 0. The van der Waals surface area contributed by atoms with Crippen LogP contribution in [-0.2, 0) is 24.2 Å². The van der Waals surface area contributed by atoms with E-state index in [0.717, 1.165) is 31.6 Å². The predicted molar refractivity (Wildman–Crippen MR) is 107 cm³/mol. The van der Waals surface area contributed by atoms with E-state index in [2.05, 4.69) is 15.4 Å². The van der Waals surface area contributed by atoms with E-state index in [1.54, 1.807) is 32.3 Å². The molecule has 0 unspecified atom stereocenters. The molecule has 2 aromatic heterocycles. The summed E-state index contributed by atoms with van der Waals surface area (Å²) in [6.45, 7) is 8.62. The van der Waals surface area contributed by atoms with Crippen molar-refractivity contribution in [3.05, 3.63) is 38.8 Å². The Balaban J connectivity index is 1.57. The first-order valence-corrected chi connectivity index (χ1v) is 10.1. The van der Waals surface area contributed by atoms with Gasteiger partial charge in [-0.15, -0.1) is 0 Å². The molecule has 1 aliphatic heterocycles. The lowest BCUT2D eigenvalue weighted by Crippen LogP contribution is -2.29. The molecule has 158 valence electrons. The molecule has 0 saturated carbocycles. The molecule has 29 heavy (non-hydrogen) atoms. The van der Waals surface area contributed by atoms with Crippen molar-refractivity contribution in [3.63, 3.8) is 0 Å². The summed E-state index contributed by atoms with van der Waals surface area (Å²) in [6.07, 6.45) is 3.27. The number of fused-ring (bicyclic) bond motifs is 1. The van der Waals surface area contributed by atoms with Crippen molar-refractivity contribution < 1.29 is 14.3 Å². The Labute approximate surface area is 169 Å². The van der Waals surface area contributed by atoms with Gasteiger partial charge in [0.2, 0.25) is 0 Å². The first-order valence-electron chi connectivity index (χ1n) is 10.1. The Morgan fingerprint density at radius 2 is 2.03 bits per heavy atom. The molecule has 9 nitrogen and oxygen atoms in total. The van der Waals surface area contributed by atoms with Crippen LogP contribution in [-0.4, -0.2) is 43.9 Å². The Bertz CT molecular complexity index is 966. The number of hydrogen-bond donors (Lipinski definition) is 2. The molecular weight excluding hydrogens is 374 g/mol. The number of aromatic nitrogens is 4. The van der Waals surface area contributed by atoms with Crippen LogP contribution in [0.2, 0.25) is 0 Å². The lowest BCUT2D eigenvalue weighted by molar-refractivity contribution is 0.0376. The lowest BCUT2D eigenvalue weighted by Gasteiger charge is -2.09. The number of amides is 1. The number of nitrogens with one attached hydrogen (secondary N) is 2. The second-order valence-corrected chi connectivity index (χ2v) is 7.72. The highest BCUT2D eigenvalue weighted by molar-refractivity contribution is 6.00. The SMILES string of the molecule is Cc1[nH]c(C(=O)NCCCn2nc3n(c2=O)CCCC3)c(C)c1C(=O)OC(C)C. The number of H-pyrrole nitrogens is 1. The number of ether oxygens (including phenoxy) is 1. The van der Waals surface area contributed by atoms with Gasteiger partial charge < -0.3 is 15.0 Å². The van der Waals surface area contributed by atoms with E-state index in [1.807, 2.05) is 0 Å². The fraction of sp³-hybridized carbons (Fsp3) is 0.600. The first kappa shape index (κ1) is 20.9. The zero-order chi connectivity index (χ0) is 21.1. The molecule has 0 atom stereocenters. The third kappa shape index (κ3) is 4.44. The van der Waals surface area contributed by atoms with Crippen molar-refractivity contribution in [1.82, 2.24) is 24.6 Å². The highest BCUT2D eigenvalue weighted by Gasteiger charge is 2.23. The minimum atomic E-state index is -0.437.